The van der Waals surface area contributed by atoms with Crippen LogP contribution in [0.5, 0.6) is 0 Å². The fraction of sp³-hybridized carbons (Fsp3) is 0.0159. The Hall–Kier alpha value is -8.26. The van der Waals surface area contributed by atoms with Crippen LogP contribution in [0.2, 0.25) is 0 Å². The lowest BCUT2D eigenvalue weighted by Gasteiger charge is -2.35. The van der Waals surface area contributed by atoms with E-state index in [0.717, 1.165) is 33.8 Å². The Balaban J connectivity index is 1.12. The molecule has 1 aliphatic rings. The third-order valence-electron chi connectivity index (χ3n) is 13.3. The van der Waals surface area contributed by atoms with Gasteiger partial charge in [-0.25, -0.2) is 0 Å². The fourth-order valence-corrected chi connectivity index (χ4v) is 10.4. The number of anilines is 3. The van der Waals surface area contributed by atoms with Crippen molar-refractivity contribution in [3.05, 3.63) is 283 Å². The minimum atomic E-state index is -0.536. The second kappa shape index (κ2) is 15.6. The third-order valence-corrected chi connectivity index (χ3v) is 13.3. The Morgan fingerprint density at radius 2 is 0.797 bits per heavy atom. The molecule has 1 nitrogen and oxygen atoms in total. The number of benzene rings is 11. The summed E-state index contributed by atoms with van der Waals surface area (Å²) >= 11 is 0. The van der Waals surface area contributed by atoms with Gasteiger partial charge in [-0.3, -0.25) is 0 Å². The summed E-state index contributed by atoms with van der Waals surface area (Å²) in [5.74, 6) is 0. The molecule has 0 spiro atoms. The van der Waals surface area contributed by atoms with Gasteiger partial charge in [0.1, 0.15) is 0 Å². The van der Waals surface area contributed by atoms with Gasteiger partial charge in [-0.05, 0) is 125 Å². The second-order valence-electron chi connectivity index (χ2n) is 16.8. The Labute approximate surface area is 374 Å². The van der Waals surface area contributed by atoms with E-state index in [1.807, 2.05) is 0 Å². The summed E-state index contributed by atoms with van der Waals surface area (Å²) in [4.78, 5) is 2.49. The zero-order chi connectivity index (χ0) is 42.5. The normalized spacial score (nSPS) is 12.5. The van der Waals surface area contributed by atoms with E-state index < -0.39 is 5.41 Å². The summed E-state index contributed by atoms with van der Waals surface area (Å²) in [7, 11) is 0. The molecule has 0 atom stereocenters. The van der Waals surface area contributed by atoms with Crippen molar-refractivity contribution in [2.24, 2.45) is 0 Å². The Morgan fingerprint density at radius 3 is 1.55 bits per heavy atom. The molecule has 0 unspecified atom stereocenters. The van der Waals surface area contributed by atoms with Crippen molar-refractivity contribution in [3.8, 4) is 44.5 Å². The molecule has 0 bridgehead atoms. The second-order valence-corrected chi connectivity index (χ2v) is 16.8. The van der Waals surface area contributed by atoms with E-state index >= 15 is 0 Å². The minimum absolute atomic E-state index is 0.536. The van der Waals surface area contributed by atoms with Gasteiger partial charge >= 0.3 is 0 Å². The lowest BCUT2D eigenvalue weighted by atomic mass is 9.67. The van der Waals surface area contributed by atoms with E-state index in [2.05, 4.69) is 266 Å². The smallest absolute Gasteiger partial charge is 0.0714 e. The van der Waals surface area contributed by atoms with Crippen LogP contribution < -0.4 is 4.90 Å². The molecule has 0 fully saturated rings. The van der Waals surface area contributed by atoms with E-state index in [1.165, 1.54) is 71.6 Å². The molecule has 1 heteroatoms. The van der Waals surface area contributed by atoms with Crippen LogP contribution in [0.1, 0.15) is 22.3 Å². The van der Waals surface area contributed by atoms with Crippen LogP contribution in [-0.2, 0) is 5.41 Å². The predicted octanol–water partition coefficient (Wildman–Crippen LogP) is 16.8. The van der Waals surface area contributed by atoms with E-state index in [4.69, 9.17) is 0 Å². The first-order valence-corrected chi connectivity index (χ1v) is 22.2. The van der Waals surface area contributed by atoms with E-state index in [1.54, 1.807) is 0 Å². The molecule has 11 aromatic carbocycles. The topological polar surface area (TPSA) is 3.24 Å². The zero-order valence-electron chi connectivity index (χ0n) is 35.3. The van der Waals surface area contributed by atoms with Crippen molar-refractivity contribution in [1.29, 1.82) is 0 Å². The highest BCUT2D eigenvalue weighted by atomic mass is 15.1. The molecule has 12 rings (SSSR count). The Morgan fingerprint density at radius 1 is 0.266 bits per heavy atom. The summed E-state index contributed by atoms with van der Waals surface area (Å²) in [6.07, 6.45) is 0. The van der Waals surface area contributed by atoms with Crippen LogP contribution in [0.3, 0.4) is 0 Å². The first kappa shape index (κ1) is 37.5. The van der Waals surface area contributed by atoms with E-state index in [-0.39, 0.29) is 0 Å². The lowest BCUT2D eigenvalue weighted by Crippen LogP contribution is -2.28. The first-order valence-electron chi connectivity index (χ1n) is 22.2. The van der Waals surface area contributed by atoms with E-state index in [0.29, 0.717) is 0 Å². The highest BCUT2D eigenvalue weighted by Gasteiger charge is 2.46. The van der Waals surface area contributed by atoms with Gasteiger partial charge in [0.15, 0.2) is 0 Å². The molecule has 0 aromatic heterocycles. The third kappa shape index (κ3) is 6.16. The van der Waals surface area contributed by atoms with Gasteiger partial charge in [0.2, 0.25) is 0 Å². The van der Waals surface area contributed by atoms with Gasteiger partial charge in [0.05, 0.1) is 11.1 Å². The molecule has 0 saturated heterocycles. The Bertz CT molecular complexity index is 3440. The molecule has 1 aliphatic carbocycles. The molecule has 0 N–H and O–H groups in total. The molecule has 0 heterocycles. The van der Waals surface area contributed by atoms with Crippen LogP contribution in [0, 0.1) is 0 Å². The fourth-order valence-electron chi connectivity index (χ4n) is 10.4. The van der Waals surface area contributed by atoms with Crippen molar-refractivity contribution >= 4 is 38.6 Å². The number of fused-ring (bicyclic) bond motifs is 6. The SMILES string of the molecule is c1ccc(-c2ccc(N(c3cccc(-c4ccc5ccc6ccccc6c5c4)c3)c3ccc4c(c3)C(c3ccccc3)(c3ccccc3)c3ccccc3-4)c(-c3ccccc3)c2)cc1. The largest absolute Gasteiger partial charge is 0.310 e. The zero-order valence-corrected chi connectivity index (χ0v) is 35.3. The number of hydrogen-bond donors (Lipinski definition) is 0. The molecule has 0 saturated carbocycles. The number of hydrogen-bond acceptors (Lipinski definition) is 1. The molecule has 0 aliphatic heterocycles. The minimum Gasteiger partial charge on any atom is -0.310 e. The van der Waals surface area contributed by atoms with Crippen LogP contribution >= 0.6 is 0 Å². The standard InChI is InChI=1S/C63H43N/c1-5-18-44(19-6-1)49-36-39-62(59(42-49)45-20-7-2-8-21-45)64(53-28-17-23-48(40-53)50-35-34-47-33-32-46-22-13-14-29-55(46)58(47)41-50)54-37-38-57-56-30-15-16-31-60(56)63(61(57)43-54,51-24-9-3-10-25-51)52-26-11-4-12-27-52/h1-43H. The van der Waals surface area contributed by atoms with Crippen LogP contribution in [-0.4, -0.2) is 0 Å². The predicted molar refractivity (Wildman–Crippen MR) is 270 cm³/mol. The van der Waals surface area contributed by atoms with Crippen molar-refractivity contribution < 1.29 is 0 Å². The quantitative estimate of drug-likeness (QED) is 0.138. The van der Waals surface area contributed by atoms with Crippen molar-refractivity contribution in [2.45, 2.75) is 5.41 Å². The summed E-state index contributed by atoms with van der Waals surface area (Å²) in [6.45, 7) is 0. The highest BCUT2D eigenvalue weighted by Crippen LogP contribution is 2.57. The maximum atomic E-state index is 2.49. The van der Waals surface area contributed by atoms with Crippen LogP contribution in [0.4, 0.5) is 17.1 Å². The maximum Gasteiger partial charge on any atom is 0.0714 e. The average Bonchev–Trinajstić information content (AvgIpc) is 3.68. The van der Waals surface area contributed by atoms with Crippen molar-refractivity contribution in [3.63, 3.8) is 0 Å². The molecular weight excluding hydrogens is 771 g/mol. The van der Waals surface area contributed by atoms with Gasteiger partial charge in [0, 0.05) is 16.9 Å². The van der Waals surface area contributed by atoms with E-state index in [9.17, 15) is 0 Å². The monoisotopic (exact) mass is 813 g/mol. The molecule has 0 radical (unpaired) electrons. The first-order chi connectivity index (χ1) is 31.7. The number of rotatable bonds is 8. The van der Waals surface area contributed by atoms with Crippen LogP contribution in [0.25, 0.3) is 66.1 Å². The summed E-state index contributed by atoms with van der Waals surface area (Å²) < 4.78 is 0. The maximum absolute atomic E-state index is 2.49. The van der Waals surface area contributed by atoms with Crippen LogP contribution in [0.15, 0.2) is 261 Å². The summed E-state index contributed by atoms with van der Waals surface area (Å²) in [6, 6.07) is 96.0. The van der Waals surface area contributed by atoms with Gasteiger partial charge in [-0.2, -0.15) is 0 Å². The van der Waals surface area contributed by atoms with Gasteiger partial charge in [-0.15, -0.1) is 0 Å². The van der Waals surface area contributed by atoms with Gasteiger partial charge < -0.3 is 4.90 Å². The molecule has 11 aromatic rings. The summed E-state index contributed by atoms with van der Waals surface area (Å²) in [5, 5.41) is 5.02. The Kier molecular flexibility index (Phi) is 9.13. The lowest BCUT2D eigenvalue weighted by molar-refractivity contribution is 0.768. The molecule has 0 amide bonds. The van der Waals surface area contributed by atoms with Crippen molar-refractivity contribution in [2.75, 3.05) is 4.90 Å². The number of nitrogens with zero attached hydrogens (tertiary/aromatic N) is 1. The molecule has 64 heavy (non-hydrogen) atoms. The van der Waals surface area contributed by atoms with Gasteiger partial charge in [0.25, 0.3) is 0 Å². The highest BCUT2D eigenvalue weighted by molar-refractivity contribution is 6.09. The molecular formula is C63H43N. The molecule has 300 valence electrons. The van der Waals surface area contributed by atoms with Crippen molar-refractivity contribution in [1.82, 2.24) is 0 Å². The average molecular weight is 814 g/mol. The summed E-state index contributed by atoms with van der Waals surface area (Å²) in [5.41, 5.74) is 17.4. The van der Waals surface area contributed by atoms with Gasteiger partial charge in [-0.1, -0.05) is 218 Å².